The molecule has 2 nitrogen and oxygen atoms in total. The smallest absolute Gasteiger partial charge is 0.336 e. The highest BCUT2D eigenvalue weighted by atomic mass is 15.1. The van der Waals surface area contributed by atoms with E-state index in [1.807, 2.05) is 28.7 Å². The molecule has 0 aliphatic carbocycles. The first-order valence-corrected chi connectivity index (χ1v) is 2.31. The molecule has 0 rings (SSSR count). The van der Waals surface area contributed by atoms with Crippen LogP contribution < -0.4 is 4.81 Å². The number of quaternary nitrogens is 1. The van der Waals surface area contributed by atoms with Crippen LogP contribution in [-0.4, -0.2) is 39.9 Å². The summed E-state index contributed by atoms with van der Waals surface area (Å²) in [6, 6.07) is 0. The van der Waals surface area contributed by atoms with Gasteiger partial charge in [-0.2, -0.15) is 0 Å². The molecule has 1 N–H and O–H groups in total. The fraction of sp³-hybridized carbons (Fsp3) is 0.750. The Kier molecular flexibility index (Phi) is 2.68. The molecule has 0 aliphatic heterocycles. The molecule has 39 valence electrons. The van der Waals surface area contributed by atoms with Crippen molar-refractivity contribution in [2.45, 2.75) is 0 Å². The summed E-state index contributed by atoms with van der Waals surface area (Å²) in [5.74, 6) is 0. The second kappa shape index (κ2) is 2.80. The van der Waals surface area contributed by atoms with Crippen molar-refractivity contribution < 1.29 is 9.30 Å². The lowest BCUT2D eigenvalue weighted by molar-refractivity contribution is -0.767. The van der Waals surface area contributed by atoms with Gasteiger partial charge in [-0.15, -0.1) is 0 Å². The second-order valence-corrected chi connectivity index (χ2v) is 1.96. The van der Waals surface area contributed by atoms with Gasteiger partial charge in [0.25, 0.3) is 0 Å². The molecule has 0 aromatic rings. The van der Waals surface area contributed by atoms with Crippen molar-refractivity contribution in [3.8, 4) is 0 Å². The summed E-state index contributed by atoms with van der Waals surface area (Å²) in [5.41, 5.74) is 0. The van der Waals surface area contributed by atoms with Crippen LogP contribution in [0.4, 0.5) is 0 Å². The quantitative estimate of drug-likeness (QED) is 0.302. The Morgan fingerprint density at radius 2 is 2.00 bits per heavy atom. The minimum Gasteiger partial charge on any atom is -0.336 e. The molecular formula is C4H12BN2+2. The molecule has 7 heavy (non-hydrogen) atoms. The van der Waals surface area contributed by atoms with Crippen LogP contribution >= 0.6 is 0 Å². The van der Waals surface area contributed by atoms with E-state index in [1.165, 1.54) is 4.81 Å². The Hall–Kier alpha value is -0.305. The van der Waals surface area contributed by atoms with Crippen molar-refractivity contribution in [2.24, 2.45) is 0 Å². The van der Waals surface area contributed by atoms with Gasteiger partial charge in [-0.1, -0.05) is 0 Å². The lowest BCUT2D eigenvalue weighted by Crippen LogP contribution is -3.09. The van der Waals surface area contributed by atoms with E-state index in [-0.39, 0.29) is 0 Å². The van der Waals surface area contributed by atoms with Gasteiger partial charge < -0.3 is 4.81 Å². The highest BCUT2D eigenvalue weighted by Gasteiger charge is 2.14. The van der Waals surface area contributed by atoms with Gasteiger partial charge in [0.05, 0.1) is 14.1 Å². The minimum atomic E-state index is 1.28. The molecule has 0 heterocycles. The van der Waals surface area contributed by atoms with Gasteiger partial charge in [-0.3, -0.25) is 4.49 Å². The molecule has 3 heteroatoms. The Balaban J connectivity index is 3.13. The van der Waals surface area contributed by atoms with E-state index in [0.29, 0.717) is 0 Å². The number of hydrogen-bond donors (Lipinski definition) is 1. The highest BCUT2D eigenvalue weighted by Crippen LogP contribution is 1.38. The third-order valence-electron chi connectivity index (χ3n) is 0.479. The van der Waals surface area contributed by atoms with Crippen LogP contribution in [0.5, 0.6) is 0 Å². The highest BCUT2D eigenvalue weighted by molar-refractivity contribution is 6.13. The first kappa shape index (κ1) is 6.69. The molecule has 0 spiro atoms. The minimum absolute atomic E-state index is 1.28. The molecule has 0 atom stereocenters. The zero-order valence-electron chi connectivity index (χ0n) is 5.23. The Labute approximate surface area is 45.7 Å². The fourth-order valence-corrected chi connectivity index (χ4v) is 0.441. The van der Waals surface area contributed by atoms with Gasteiger partial charge in [0.2, 0.25) is 0 Å². The van der Waals surface area contributed by atoms with Gasteiger partial charge >= 0.3 is 7.55 Å². The zero-order chi connectivity index (χ0) is 5.86. The molecule has 0 amide bonds. The summed E-state index contributed by atoms with van der Waals surface area (Å²) in [7, 11) is 7.97. The average Bonchev–Trinajstić information content (AvgIpc) is 1.27. The Morgan fingerprint density at radius 3 is 2.00 bits per heavy atom. The molecule has 0 aromatic carbocycles. The van der Waals surface area contributed by atoms with E-state index in [0.717, 1.165) is 0 Å². The maximum absolute atomic E-state index is 3.64. The van der Waals surface area contributed by atoms with Crippen LogP contribution in [0.25, 0.3) is 0 Å². The molecule has 0 aliphatic rings. The molecule has 0 saturated carbocycles. The van der Waals surface area contributed by atoms with Crippen molar-refractivity contribution in [1.29, 1.82) is 0 Å². The SMILES string of the molecule is C=[N+](C)[B][NH+](C)C. The predicted molar refractivity (Wildman–Crippen MR) is 31.9 cm³/mol. The summed E-state index contributed by atoms with van der Waals surface area (Å²) >= 11 is 0. The van der Waals surface area contributed by atoms with E-state index in [1.54, 1.807) is 4.49 Å². The third kappa shape index (κ3) is 5.69. The maximum atomic E-state index is 3.64. The lowest BCUT2D eigenvalue weighted by atomic mass is 10.1. The van der Waals surface area contributed by atoms with Gasteiger partial charge in [-0.25, -0.2) is 0 Å². The third-order valence-corrected chi connectivity index (χ3v) is 0.479. The summed E-state index contributed by atoms with van der Waals surface area (Å²) in [6.07, 6.45) is 0. The van der Waals surface area contributed by atoms with Crippen LogP contribution in [0.1, 0.15) is 0 Å². The van der Waals surface area contributed by atoms with Crippen molar-refractivity contribution in [3.63, 3.8) is 0 Å². The van der Waals surface area contributed by atoms with Crippen molar-refractivity contribution in [3.05, 3.63) is 0 Å². The largest absolute Gasteiger partial charge is 0.880 e. The van der Waals surface area contributed by atoms with Crippen LogP contribution in [0, 0.1) is 0 Å². The van der Waals surface area contributed by atoms with Crippen molar-refractivity contribution in [2.75, 3.05) is 21.1 Å². The molecular weight excluding hydrogens is 86.9 g/mol. The number of nitrogens with one attached hydrogen (secondary N) is 1. The van der Waals surface area contributed by atoms with E-state index in [4.69, 9.17) is 0 Å². The normalized spacial score (nSPS) is 9.14. The first-order chi connectivity index (χ1) is 3.13. The van der Waals surface area contributed by atoms with E-state index in [9.17, 15) is 0 Å². The fourth-order valence-electron chi connectivity index (χ4n) is 0.441. The van der Waals surface area contributed by atoms with E-state index < -0.39 is 0 Å². The van der Waals surface area contributed by atoms with Crippen molar-refractivity contribution >= 4 is 14.3 Å². The molecule has 0 bridgehead atoms. The second-order valence-electron chi connectivity index (χ2n) is 1.96. The Morgan fingerprint density at radius 1 is 1.57 bits per heavy atom. The topological polar surface area (TPSA) is 7.45 Å². The van der Waals surface area contributed by atoms with Crippen LogP contribution in [0.15, 0.2) is 0 Å². The number of hydrogen-bond acceptors (Lipinski definition) is 0. The standard InChI is InChI=1S/C4H12BN2/c1-6(2)5-7(3)4/h7H,1H2,2-4H3/q+2. The van der Waals surface area contributed by atoms with Gasteiger partial charge in [0.1, 0.15) is 13.8 Å². The molecule has 0 saturated heterocycles. The zero-order valence-corrected chi connectivity index (χ0v) is 5.23. The predicted octanol–water partition coefficient (Wildman–Crippen LogP) is -1.99. The molecule has 0 unspecified atom stereocenters. The van der Waals surface area contributed by atoms with Crippen LogP contribution in [0.2, 0.25) is 0 Å². The van der Waals surface area contributed by atoms with Gasteiger partial charge in [0.15, 0.2) is 0 Å². The monoisotopic (exact) mass is 99.1 g/mol. The summed E-state index contributed by atoms with van der Waals surface area (Å²) in [4.78, 5) is 1.28. The summed E-state index contributed by atoms with van der Waals surface area (Å²) < 4.78 is 1.79. The first-order valence-electron chi connectivity index (χ1n) is 2.31. The van der Waals surface area contributed by atoms with Gasteiger partial charge in [-0.05, 0) is 0 Å². The Bertz CT molecular complexity index is 70.1. The number of rotatable bonds is 2. The maximum Gasteiger partial charge on any atom is 0.880 e. The molecule has 0 aromatic heterocycles. The molecule has 0 fully saturated rings. The van der Waals surface area contributed by atoms with Crippen LogP contribution in [0.3, 0.4) is 0 Å². The van der Waals surface area contributed by atoms with E-state index >= 15 is 0 Å². The number of nitrogens with zero attached hydrogens (tertiary/aromatic N) is 1. The lowest BCUT2D eigenvalue weighted by Gasteiger charge is -1.93. The summed E-state index contributed by atoms with van der Waals surface area (Å²) in [5, 5.41) is 0. The van der Waals surface area contributed by atoms with E-state index in [2.05, 4.69) is 6.72 Å². The van der Waals surface area contributed by atoms with Crippen LogP contribution in [-0.2, 0) is 0 Å². The van der Waals surface area contributed by atoms with Gasteiger partial charge in [0, 0.05) is 0 Å². The van der Waals surface area contributed by atoms with Crippen molar-refractivity contribution in [1.82, 2.24) is 0 Å². The summed E-state index contributed by atoms with van der Waals surface area (Å²) in [6.45, 7) is 3.64. The average molecular weight is 99.0 g/mol. The molecule has 1 radical (unpaired) electrons.